The van der Waals surface area contributed by atoms with Crippen LogP contribution in [0.5, 0.6) is 5.75 Å². The third-order valence-corrected chi connectivity index (χ3v) is 2.52. The molecular formula is C15H24O4. The van der Waals surface area contributed by atoms with Crippen molar-refractivity contribution >= 4 is 0 Å². The fraction of sp³-hybridized carbons (Fsp3) is 0.600. The maximum Gasteiger partial charge on any atom is 0.315 e. The lowest BCUT2D eigenvalue weighted by Crippen LogP contribution is -2.37. The van der Waals surface area contributed by atoms with Gasteiger partial charge in [0.2, 0.25) is 0 Å². The van der Waals surface area contributed by atoms with E-state index in [-0.39, 0.29) is 0 Å². The van der Waals surface area contributed by atoms with Gasteiger partial charge < -0.3 is 18.9 Å². The summed E-state index contributed by atoms with van der Waals surface area (Å²) in [6, 6.07) is 7.64. The number of rotatable bonds is 9. The Morgan fingerprint density at radius 3 is 1.79 bits per heavy atom. The minimum atomic E-state index is -1.19. The lowest BCUT2D eigenvalue weighted by atomic mass is 10.1. The van der Waals surface area contributed by atoms with E-state index in [4.69, 9.17) is 18.9 Å². The predicted molar refractivity (Wildman–Crippen MR) is 74.2 cm³/mol. The van der Waals surface area contributed by atoms with Gasteiger partial charge in [0.15, 0.2) is 0 Å². The van der Waals surface area contributed by atoms with Gasteiger partial charge in [0.05, 0.1) is 12.2 Å². The van der Waals surface area contributed by atoms with Gasteiger partial charge in [0, 0.05) is 19.8 Å². The van der Waals surface area contributed by atoms with Gasteiger partial charge in [-0.15, -0.1) is 0 Å². The minimum absolute atomic E-state index is 0.487. The van der Waals surface area contributed by atoms with E-state index in [1.807, 2.05) is 52.0 Å². The summed E-state index contributed by atoms with van der Waals surface area (Å²) < 4.78 is 22.9. The number of hydrogen-bond acceptors (Lipinski definition) is 4. The Labute approximate surface area is 115 Å². The molecule has 1 aromatic carbocycles. The monoisotopic (exact) mass is 268 g/mol. The van der Waals surface area contributed by atoms with Crippen LogP contribution in [-0.2, 0) is 20.2 Å². The van der Waals surface area contributed by atoms with Gasteiger partial charge in [-0.3, -0.25) is 0 Å². The molecule has 0 fully saturated rings. The summed E-state index contributed by atoms with van der Waals surface area (Å²) in [6.45, 7) is 9.72. The van der Waals surface area contributed by atoms with Crippen LogP contribution in [0.15, 0.2) is 24.3 Å². The highest BCUT2D eigenvalue weighted by atomic mass is 16.9. The summed E-state index contributed by atoms with van der Waals surface area (Å²) in [4.78, 5) is 0. The highest BCUT2D eigenvalue weighted by Crippen LogP contribution is 2.35. The summed E-state index contributed by atoms with van der Waals surface area (Å²) in [7, 11) is 0. The molecule has 0 N–H and O–H groups in total. The molecule has 19 heavy (non-hydrogen) atoms. The van der Waals surface area contributed by atoms with Crippen LogP contribution in [0.1, 0.15) is 33.3 Å². The Morgan fingerprint density at radius 2 is 1.32 bits per heavy atom. The van der Waals surface area contributed by atoms with Crippen LogP contribution in [0, 0.1) is 0 Å². The Balaban J connectivity index is 3.20. The molecule has 108 valence electrons. The van der Waals surface area contributed by atoms with E-state index in [1.54, 1.807) is 0 Å². The zero-order valence-corrected chi connectivity index (χ0v) is 12.3. The van der Waals surface area contributed by atoms with Crippen LogP contribution in [0.4, 0.5) is 0 Å². The van der Waals surface area contributed by atoms with E-state index in [9.17, 15) is 0 Å². The van der Waals surface area contributed by atoms with Gasteiger partial charge >= 0.3 is 5.97 Å². The van der Waals surface area contributed by atoms with Gasteiger partial charge in [-0.2, -0.15) is 0 Å². The van der Waals surface area contributed by atoms with E-state index in [0.29, 0.717) is 26.4 Å². The van der Waals surface area contributed by atoms with Gasteiger partial charge in [-0.1, -0.05) is 12.1 Å². The molecule has 0 bridgehead atoms. The summed E-state index contributed by atoms with van der Waals surface area (Å²) in [5, 5.41) is 0. The quantitative estimate of drug-likeness (QED) is 0.644. The smallest absolute Gasteiger partial charge is 0.315 e. The van der Waals surface area contributed by atoms with Crippen molar-refractivity contribution in [1.29, 1.82) is 0 Å². The Morgan fingerprint density at radius 1 is 0.789 bits per heavy atom. The first-order valence-corrected chi connectivity index (χ1v) is 6.88. The number of para-hydroxylation sites is 1. The average molecular weight is 268 g/mol. The van der Waals surface area contributed by atoms with Crippen molar-refractivity contribution in [2.45, 2.75) is 33.7 Å². The van der Waals surface area contributed by atoms with E-state index in [1.165, 1.54) is 0 Å². The predicted octanol–water partition coefficient (Wildman–Crippen LogP) is 3.31. The van der Waals surface area contributed by atoms with Gasteiger partial charge in [-0.25, -0.2) is 0 Å². The highest BCUT2D eigenvalue weighted by Gasteiger charge is 2.38. The Kier molecular flexibility index (Phi) is 6.84. The normalized spacial score (nSPS) is 11.6. The van der Waals surface area contributed by atoms with Crippen molar-refractivity contribution in [3.05, 3.63) is 29.8 Å². The van der Waals surface area contributed by atoms with Crippen molar-refractivity contribution in [1.82, 2.24) is 0 Å². The van der Waals surface area contributed by atoms with Crippen LogP contribution >= 0.6 is 0 Å². The van der Waals surface area contributed by atoms with Crippen LogP contribution in [0.2, 0.25) is 0 Å². The largest absolute Gasteiger partial charge is 0.493 e. The maximum absolute atomic E-state index is 5.76. The summed E-state index contributed by atoms with van der Waals surface area (Å²) in [5.41, 5.74) is 0.766. The lowest BCUT2D eigenvalue weighted by molar-refractivity contribution is -0.390. The number of benzene rings is 1. The first-order chi connectivity index (χ1) is 9.24. The molecule has 4 heteroatoms. The van der Waals surface area contributed by atoms with Crippen LogP contribution in [-0.4, -0.2) is 26.4 Å². The van der Waals surface area contributed by atoms with E-state index >= 15 is 0 Å². The van der Waals surface area contributed by atoms with Gasteiger partial charge in [0.1, 0.15) is 5.75 Å². The maximum atomic E-state index is 5.76. The molecule has 4 nitrogen and oxygen atoms in total. The third kappa shape index (κ3) is 3.93. The lowest BCUT2D eigenvalue weighted by Gasteiger charge is -2.33. The molecule has 0 atom stereocenters. The molecule has 0 unspecified atom stereocenters. The molecule has 0 amide bonds. The molecule has 0 saturated heterocycles. The topological polar surface area (TPSA) is 36.9 Å². The van der Waals surface area contributed by atoms with Crippen LogP contribution in [0.25, 0.3) is 0 Å². The number of ether oxygens (including phenoxy) is 4. The summed E-state index contributed by atoms with van der Waals surface area (Å²) >= 11 is 0. The summed E-state index contributed by atoms with van der Waals surface area (Å²) in [5.74, 6) is -0.468. The van der Waals surface area contributed by atoms with Gasteiger partial charge in [-0.05, 0) is 39.8 Å². The van der Waals surface area contributed by atoms with Crippen LogP contribution in [0.3, 0.4) is 0 Å². The summed E-state index contributed by atoms with van der Waals surface area (Å²) in [6.07, 6.45) is 0. The molecule has 0 aliphatic carbocycles. The second-order valence-corrected chi connectivity index (χ2v) is 3.78. The first-order valence-electron chi connectivity index (χ1n) is 6.88. The van der Waals surface area contributed by atoms with E-state index in [0.717, 1.165) is 11.3 Å². The Hall–Kier alpha value is -1.10. The van der Waals surface area contributed by atoms with Crippen LogP contribution < -0.4 is 4.74 Å². The SMILES string of the molecule is CCOc1ccccc1C(OCC)(OCC)OCC. The minimum Gasteiger partial charge on any atom is -0.493 e. The molecular weight excluding hydrogens is 244 g/mol. The molecule has 0 aromatic heterocycles. The van der Waals surface area contributed by atoms with E-state index < -0.39 is 5.97 Å². The fourth-order valence-electron chi connectivity index (χ4n) is 1.93. The third-order valence-electron chi connectivity index (χ3n) is 2.52. The number of hydrogen-bond donors (Lipinski definition) is 0. The zero-order valence-electron chi connectivity index (χ0n) is 12.3. The second kappa shape index (κ2) is 8.15. The first kappa shape index (κ1) is 16.0. The molecule has 0 radical (unpaired) electrons. The van der Waals surface area contributed by atoms with Gasteiger partial charge in [0.25, 0.3) is 0 Å². The van der Waals surface area contributed by atoms with Crippen molar-refractivity contribution < 1.29 is 18.9 Å². The molecule has 0 aliphatic heterocycles. The average Bonchev–Trinajstić information content (AvgIpc) is 2.40. The molecule has 1 aromatic rings. The second-order valence-electron chi connectivity index (χ2n) is 3.78. The standard InChI is InChI=1S/C15H24O4/c1-5-16-14-12-10-9-11-13(14)15(17-6-2,18-7-3)19-8-4/h9-12H,5-8H2,1-4H3. The van der Waals surface area contributed by atoms with Crippen molar-refractivity contribution in [3.63, 3.8) is 0 Å². The molecule has 0 saturated carbocycles. The molecule has 1 rings (SSSR count). The molecule has 0 spiro atoms. The zero-order chi connectivity index (χ0) is 14.1. The van der Waals surface area contributed by atoms with Crippen molar-refractivity contribution in [3.8, 4) is 5.75 Å². The molecule has 0 heterocycles. The van der Waals surface area contributed by atoms with Crippen molar-refractivity contribution in [2.24, 2.45) is 0 Å². The Bertz CT molecular complexity index is 348. The fourth-order valence-corrected chi connectivity index (χ4v) is 1.93. The van der Waals surface area contributed by atoms with E-state index in [2.05, 4.69) is 0 Å². The van der Waals surface area contributed by atoms with Crippen molar-refractivity contribution in [2.75, 3.05) is 26.4 Å². The molecule has 0 aliphatic rings. The highest BCUT2D eigenvalue weighted by molar-refractivity contribution is 5.36.